The molecule has 166 valence electrons. The van der Waals surface area contributed by atoms with Crippen molar-refractivity contribution in [3.8, 4) is 5.75 Å². The van der Waals surface area contributed by atoms with Crippen molar-refractivity contribution in [3.05, 3.63) is 58.1 Å². The van der Waals surface area contributed by atoms with Crippen LogP contribution in [0.2, 0.25) is 0 Å². The molecule has 2 aromatic rings. The maximum atomic E-state index is 13.7. The van der Waals surface area contributed by atoms with Gasteiger partial charge in [-0.1, -0.05) is 28.1 Å². The monoisotopic (exact) mass is 497 g/mol. The Morgan fingerprint density at radius 2 is 1.75 bits per heavy atom. The van der Waals surface area contributed by atoms with E-state index >= 15 is 0 Å². The summed E-state index contributed by atoms with van der Waals surface area (Å²) in [6.45, 7) is 5.49. The molecule has 7 nitrogen and oxygen atoms in total. The van der Waals surface area contributed by atoms with Gasteiger partial charge in [-0.25, -0.2) is 0 Å². The van der Waals surface area contributed by atoms with E-state index in [-0.39, 0.29) is 23.5 Å². The van der Waals surface area contributed by atoms with Crippen LogP contribution in [0.25, 0.3) is 0 Å². The zero-order chi connectivity index (χ0) is 23.0. The van der Waals surface area contributed by atoms with E-state index in [9.17, 15) is 19.5 Å². The van der Waals surface area contributed by atoms with E-state index in [1.54, 1.807) is 30.3 Å². The molecule has 2 saturated heterocycles. The molecule has 4 atom stereocenters. The Hall–Kier alpha value is -2.71. The molecule has 3 aliphatic heterocycles. The summed E-state index contributed by atoms with van der Waals surface area (Å²) < 4.78 is 0.789. The van der Waals surface area contributed by atoms with Gasteiger partial charge in [-0.3, -0.25) is 24.6 Å². The molecule has 3 aliphatic rings. The molecule has 3 heterocycles. The van der Waals surface area contributed by atoms with E-state index in [2.05, 4.69) is 26.6 Å². The molecule has 2 fully saturated rings. The molecule has 8 heteroatoms. The summed E-state index contributed by atoms with van der Waals surface area (Å²) in [6.07, 6.45) is 0.441. The Morgan fingerprint density at radius 1 is 1.06 bits per heavy atom. The second kappa shape index (κ2) is 6.89. The van der Waals surface area contributed by atoms with Crippen LogP contribution in [0.15, 0.2) is 46.9 Å². The smallest absolute Gasteiger partial charge is 0.250 e. The first-order valence-corrected chi connectivity index (χ1v) is 11.4. The van der Waals surface area contributed by atoms with Crippen LogP contribution in [-0.4, -0.2) is 39.3 Å². The molecule has 2 aromatic carbocycles. The number of nitrogens with one attached hydrogen (secondary N) is 2. The molecule has 0 bridgehead atoms. The molecular weight excluding hydrogens is 474 g/mol. The molecule has 0 aromatic heterocycles. The van der Waals surface area contributed by atoms with Crippen LogP contribution in [0.5, 0.6) is 5.75 Å². The largest absolute Gasteiger partial charge is 0.508 e. The lowest BCUT2D eigenvalue weighted by atomic mass is 9.76. The van der Waals surface area contributed by atoms with Gasteiger partial charge in [0.1, 0.15) is 11.3 Å². The predicted molar refractivity (Wildman–Crippen MR) is 122 cm³/mol. The minimum atomic E-state index is -1.32. The second-order valence-corrected chi connectivity index (χ2v) is 10.7. The molecule has 1 spiro atoms. The van der Waals surface area contributed by atoms with Gasteiger partial charge >= 0.3 is 0 Å². The Balaban J connectivity index is 1.66. The number of rotatable bonds is 2. The fraction of sp³-hybridized carbons (Fsp3) is 0.375. The maximum Gasteiger partial charge on any atom is 0.250 e. The van der Waals surface area contributed by atoms with Gasteiger partial charge in [0.15, 0.2) is 0 Å². The average molecular weight is 498 g/mol. The number of hydrogen-bond donors (Lipinski definition) is 3. The third kappa shape index (κ3) is 2.85. The van der Waals surface area contributed by atoms with Crippen molar-refractivity contribution >= 4 is 39.3 Å². The van der Waals surface area contributed by atoms with Gasteiger partial charge in [-0.15, -0.1) is 0 Å². The summed E-state index contributed by atoms with van der Waals surface area (Å²) in [5.41, 5.74) is 0.204. The van der Waals surface area contributed by atoms with Crippen molar-refractivity contribution < 1.29 is 19.5 Å². The van der Waals surface area contributed by atoms with Gasteiger partial charge in [0.25, 0.3) is 0 Å². The highest BCUT2D eigenvalue weighted by atomic mass is 79.9. The Labute approximate surface area is 194 Å². The lowest BCUT2D eigenvalue weighted by Gasteiger charge is -2.34. The zero-order valence-corrected chi connectivity index (χ0v) is 19.6. The number of aromatic hydroxyl groups is 1. The quantitative estimate of drug-likeness (QED) is 0.554. The molecule has 0 saturated carbocycles. The highest BCUT2D eigenvalue weighted by Crippen LogP contribution is 2.54. The van der Waals surface area contributed by atoms with Crippen molar-refractivity contribution in [1.29, 1.82) is 0 Å². The number of likely N-dealkylation sites (tertiary alicyclic amines) is 1. The number of anilines is 1. The summed E-state index contributed by atoms with van der Waals surface area (Å²) in [5, 5.41) is 16.0. The van der Waals surface area contributed by atoms with Gasteiger partial charge in [-0.2, -0.15) is 0 Å². The molecule has 32 heavy (non-hydrogen) atoms. The summed E-state index contributed by atoms with van der Waals surface area (Å²) in [4.78, 5) is 42.1. The van der Waals surface area contributed by atoms with Crippen LogP contribution in [0.3, 0.4) is 0 Å². The molecule has 3 amide bonds. The summed E-state index contributed by atoms with van der Waals surface area (Å²) >= 11 is 3.48. The van der Waals surface area contributed by atoms with Crippen LogP contribution < -0.4 is 10.6 Å². The number of carbonyl (C=O) groups excluding carboxylic acids is 3. The lowest BCUT2D eigenvalue weighted by molar-refractivity contribution is -0.147. The summed E-state index contributed by atoms with van der Waals surface area (Å²) in [7, 11) is 0. The van der Waals surface area contributed by atoms with Gasteiger partial charge in [0.2, 0.25) is 17.7 Å². The van der Waals surface area contributed by atoms with Crippen LogP contribution in [0, 0.1) is 11.8 Å². The van der Waals surface area contributed by atoms with E-state index in [4.69, 9.17) is 0 Å². The number of amides is 3. The van der Waals surface area contributed by atoms with Gasteiger partial charge in [0, 0.05) is 27.3 Å². The number of phenols is 1. The van der Waals surface area contributed by atoms with E-state index in [1.165, 1.54) is 4.90 Å². The van der Waals surface area contributed by atoms with Crippen LogP contribution in [-0.2, 0) is 26.3 Å². The lowest BCUT2D eigenvalue weighted by Crippen LogP contribution is -2.56. The predicted octanol–water partition coefficient (Wildman–Crippen LogP) is 2.92. The molecule has 5 rings (SSSR count). The minimum Gasteiger partial charge on any atom is -0.508 e. The van der Waals surface area contributed by atoms with Gasteiger partial charge in [0.05, 0.1) is 11.8 Å². The standard InChI is InChI=1S/C24H24BrN3O4/c1-23(2,3)28-20(30)18-17(10-12-4-7-14(29)8-5-12)27-24(19(18)21(28)31)15-11-13(25)6-9-16(15)26-22(24)32/h4-9,11,17-19,27,29H,10H2,1-3H3,(H,26,32)/t17-,18-,19+,24+/m1/s1. The highest BCUT2D eigenvalue weighted by molar-refractivity contribution is 9.10. The fourth-order valence-corrected chi connectivity index (χ4v) is 5.86. The van der Waals surface area contributed by atoms with Gasteiger partial charge < -0.3 is 10.4 Å². The SMILES string of the molecule is CC(C)(C)N1C(=O)[C@H]2[C@@H](C1=O)[C@]1(N[C@@H]2Cc2ccc(O)cc2)C(=O)Nc2ccc(Br)cc21. The Morgan fingerprint density at radius 3 is 2.41 bits per heavy atom. The maximum absolute atomic E-state index is 13.7. The number of halogens is 1. The van der Waals surface area contributed by atoms with Crippen LogP contribution >= 0.6 is 15.9 Å². The van der Waals surface area contributed by atoms with Crippen molar-refractivity contribution in [2.45, 2.75) is 44.3 Å². The van der Waals surface area contributed by atoms with E-state index < -0.39 is 29.0 Å². The first kappa shape index (κ1) is 21.2. The summed E-state index contributed by atoms with van der Waals surface area (Å²) in [5.74, 6) is -2.25. The molecule has 0 aliphatic carbocycles. The topological polar surface area (TPSA) is 98.7 Å². The Bertz CT molecular complexity index is 1160. The Kier molecular flexibility index (Phi) is 4.56. The third-order valence-electron chi connectivity index (χ3n) is 6.74. The van der Waals surface area contributed by atoms with Crippen LogP contribution in [0.4, 0.5) is 5.69 Å². The highest BCUT2D eigenvalue weighted by Gasteiger charge is 2.71. The van der Waals surface area contributed by atoms with Crippen molar-refractivity contribution in [2.75, 3.05) is 5.32 Å². The number of hydrogen-bond acceptors (Lipinski definition) is 5. The van der Waals surface area contributed by atoms with Crippen LogP contribution in [0.1, 0.15) is 31.9 Å². The normalized spacial score (nSPS) is 28.9. The van der Waals surface area contributed by atoms with E-state index in [0.29, 0.717) is 17.7 Å². The fourth-order valence-electron chi connectivity index (χ4n) is 5.50. The number of carbonyl (C=O) groups is 3. The number of benzene rings is 2. The molecule has 3 N–H and O–H groups in total. The van der Waals surface area contributed by atoms with E-state index in [0.717, 1.165) is 10.0 Å². The molecule has 0 unspecified atom stereocenters. The average Bonchev–Trinajstić information content (AvgIpc) is 3.28. The van der Waals surface area contributed by atoms with Crippen molar-refractivity contribution in [1.82, 2.24) is 10.2 Å². The zero-order valence-electron chi connectivity index (χ0n) is 18.0. The summed E-state index contributed by atoms with van der Waals surface area (Å²) in [6, 6.07) is 11.8. The molecule has 0 radical (unpaired) electrons. The first-order valence-electron chi connectivity index (χ1n) is 10.6. The number of nitrogens with zero attached hydrogens (tertiary/aromatic N) is 1. The van der Waals surface area contributed by atoms with Crippen molar-refractivity contribution in [2.24, 2.45) is 11.8 Å². The first-order chi connectivity index (χ1) is 15.0. The number of imide groups is 1. The van der Waals surface area contributed by atoms with Crippen molar-refractivity contribution in [3.63, 3.8) is 0 Å². The van der Waals surface area contributed by atoms with Gasteiger partial charge in [-0.05, 0) is 63.1 Å². The second-order valence-electron chi connectivity index (χ2n) is 9.76. The third-order valence-corrected chi connectivity index (χ3v) is 7.23. The minimum absolute atomic E-state index is 0.155. The number of fused-ring (bicyclic) bond motifs is 4. The molecular formula is C24H24BrN3O4. The number of phenolic OH excluding ortho intramolecular Hbond substituents is 1. The van der Waals surface area contributed by atoms with E-state index in [1.807, 2.05) is 32.9 Å².